The average Bonchev–Trinajstić information content (AvgIpc) is 3.80. The van der Waals surface area contributed by atoms with Gasteiger partial charge in [0.05, 0.1) is 17.8 Å². The van der Waals surface area contributed by atoms with Crippen molar-refractivity contribution in [2.75, 3.05) is 0 Å². The number of hydrogen-bond donors (Lipinski definition) is 6. The lowest BCUT2D eigenvalue weighted by atomic mass is 9.76. The fourth-order valence-corrected chi connectivity index (χ4v) is 8.76. The summed E-state index contributed by atoms with van der Waals surface area (Å²) in [5.41, 5.74) is 6.97. The Hall–Kier alpha value is -6.48. The fraction of sp³-hybridized carbons (Fsp3) is 0.143. The number of benzene rings is 6. The quantitative estimate of drug-likeness (QED) is 0.109. The van der Waals surface area contributed by atoms with Crippen molar-refractivity contribution in [3.63, 3.8) is 0 Å². The Morgan fingerprint density at radius 1 is 0.314 bits per heavy atom. The molecule has 6 aromatic rings. The van der Waals surface area contributed by atoms with Crippen molar-refractivity contribution in [3.05, 3.63) is 159 Å². The Kier molecular flexibility index (Phi) is 6.07. The number of hydrogen-bond acceptors (Lipinski definition) is 9. The van der Waals surface area contributed by atoms with Crippen LogP contribution >= 0.6 is 0 Å². The van der Waals surface area contributed by atoms with Gasteiger partial charge in [-0.1, -0.05) is 36.4 Å². The zero-order valence-electron chi connectivity index (χ0n) is 26.8. The van der Waals surface area contributed by atoms with E-state index in [2.05, 4.69) is 0 Å². The third-order valence-corrected chi connectivity index (χ3v) is 10.7. The number of fused-ring (bicyclic) bond motifs is 3. The normalized spacial score (nSPS) is 23.1. The van der Waals surface area contributed by atoms with E-state index in [1.807, 2.05) is 0 Å². The molecule has 0 aromatic heterocycles. The maximum Gasteiger partial charge on any atom is 0.135 e. The summed E-state index contributed by atoms with van der Waals surface area (Å²) in [6, 6.07) is 30.5. The molecule has 0 fully saturated rings. The van der Waals surface area contributed by atoms with Gasteiger partial charge in [-0.05, 0) is 88.0 Å². The summed E-state index contributed by atoms with van der Waals surface area (Å²) in [5, 5.41) is 64.5. The molecular formula is C42H30O9. The molecule has 6 aromatic carbocycles. The van der Waals surface area contributed by atoms with Crippen LogP contribution in [0.25, 0.3) is 0 Å². The van der Waals surface area contributed by atoms with Crippen molar-refractivity contribution >= 4 is 0 Å². The summed E-state index contributed by atoms with van der Waals surface area (Å²) in [4.78, 5) is 0. The first kappa shape index (κ1) is 29.4. The Bertz CT molecular complexity index is 2120. The molecule has 51 heavy (non-hydrogen) atoms. The van der Waals surface area contributed by atoms with E-state index in [4.69, 9.17) is 14.2 Å². The summed E-state index contributed by atoms with van der Waals surface area (Å²) < 4.78 is 20.3. The van der Waals surface area contributed by atoms with Crippen molar-refractivity contribution in [3.8, 4) is 51.7 Å². The summed E-state index contributed by atoms with van der Waals surface area (Å²) in [5.74, 6) is 0.123. The molecule has 0 radical (unpaired) electrons. The molecular weight excluding hydrogens is 648 g/mol. The first-order chi connectivity index (χ1) is 24.7. The Morgan fingerprint density at radius 2 is 0.569 bits per heavy atom. The Balaban J connectivity index is 1.33. The molecule has 0 amide bonds. The number of ether oxygens (including phenoxy) is 3. The topological polar surface area (TPSA) is 149 Å². The molecule has 3 aliphatic heterocycles. The van der Waals surface area contributed by atoms with Crippen LogP contribution in [0.15, 0.2) is 109 Å². The SMILES string of the molecule is Oc1ccc([C@H]2Oc3cc(O)cc4c3C2c2cc(O)cc3c2C(c2cc(O)cc5c2C4[C@H](c2ccc(O)cc2)O5)[C@H](c2ccc(O)cc2)O3)cc1. The van der Waals surface area contributed by atoms with Crippen molar-refractivity contribution in [1.29, 1.82) is 0 Å². The maximum absolute atomic E-state index is 11.3. The zero-order valence-corrected chi connectivity index (χ0v) is 26.8. The van der Waals surface area contributed by atoms with E-state index < -0.39 is 36.1 Å². The minimum Gasteiger partial charge on any atom is -0.508 e. The molecule has 3 unspecified atom stereocenters. The van der Waals surface area contributed by atoms with Gasteiger partial charge in [0, 0.05) is 34.9 Å². The van der Waals surface area contributed by atoms with Crippen LogP contribution in [-0.4, -0.2) is 30.6 Å². The Labute approximate surface area is 291 Å². The zero-order chi connectivity index (χ0) is 34.7. The smallest absolute Gasteiger partial charge is 0.135 e. The van der Waals surface area contributed by atoms with E-state index in [9.17, 15) is 30.6 Å². The predicted molar refractivity (Wildman–Crippen MR) is 184 cm³/mol. The van der Waals surface area contributed by atoms with Gasteiger partial charge in [0.15, 0.2) is 0 Å². The van der Waals surface area contributed by atoms with Crippen molar-refractivity contribution in [1.82, 2.24) is 0 Å². The van der Waals surface area contributed by atoms with Gasteiger partial charge in [-0.3, -0.25) is 0 Å². The van der Waals surface area contributed by atoms with Gasteiger partial charge >= 0.3 is 0 Å². The van der Waals surface area contributed by atoms with E-state index in [0.717, 1.165) is 50.1 Å². The minimum absolute atomic E-state index is 0.00268. The molecule has 9 heteroatoms. The summed E-state index contributed by atoms with van der Waals surface area (Å²) in [6.45, 7) is 0. The van der Waals surface area contributed by atoms with E-state index in [0.29, 0.717) is 17.2 Å². The minimum atomic E-state index is -0.635. The first-order valence-corrected chi connectivity index (χ1v) is 16.7. The van der Waals surface area contributed by atoms with Crippen LogP contribution in [0.2, 0.25) is 0 Å². The van der Waals surface area contributed by atoms with Gasteiger partial charge in [0.25, 0.3) is 0 Å². The molecule has 9 nitrogen and oxygen atoms in total. The second-order valence-electron chi connectivity index (χ2n) is 13.7. The third-order valence-electron chi connectivity index (χ3n) is 10.7. The van der Waals surface area contributed by atoms with E-state index >= 15 is 0 Å². The molecule has 1 aliphatic carbocycles. The van der Waals surface area contributed by atoms with Gasteiger partial charge in [-0.2, -0.15) is 0 Å². The van der Waals surface area contributed by atoms with Crippen molar-refractivity contribution < 1.29 is 44.8 Å². The summed E-state index contributed by atoms with van der Waals surface area (Å²) in [7, 11) is 0. The first-order valence-electron chi connectivity index (χ1n) is 16.7. The van der Waals surface area contributed by atoms with Crippen LogP contribution in [0.1, 0.15) is 86.1 Å². The highest BCUT2D eigenvalue weighted by Crippen LogP contribution is 2.65. The summed E-state index contributed by atoms with van der Waals surface area (Å²) in [6.07, 6.45) is -1.91. The molecule has 10 rings (SSSR count). The van der Waals surface area contributed by atoms with Gasteiger partial charge in [-0.25, -0.2) is 0 Å². The molecule has 0 spiro atoms. The van der Waals surface area contributed by atoms with Gasteiger partial charge in [0.1, 0.15) is 70.1 Å². The lowest BCUT2D eigenvalue weighted by Gasteiger charge is -2.26. The monoisotopic (exact) mass is 678 g/mol. The molecule has 4 aliphatic rings. The molecule has 3 heterocycles. The van der Waals surface area contributed by atoms with Gasteiger partial charge in [-0.15, -0.1) is 0 Å². The molecule has 252 valence electrons. The van der Waals surface area contributed by atoms with E-state index in [1.54, 1.807) is 109 Å². The molecule has 0 saturated carbocycles. The lowest BCUT2D eigenvalue weighted by Crippen LogP contribution is -2.16. The van der Waals surface area contributed by atoms with Crippen LogP contribution in [0.5, 0.6) is 51.7 Å². The highest BCUT2D eigenvalue weighted by atomic mass is 16.5. The number of rotatable bonds is 3. The number of phenolic OH excluding ortho intramolecular Hbond substituents is 6. The van der Waals surface area contributed by atoms with Crippen molar-refractivity contribution in [2.45, 2.75) is 36.1 Å². The van der Waals surface area contributed by atoms with Gasteiger partial charge < -0.3 is 44.8 Å². The van der Waals surface area contributed by atoms with Crippen molar-refractivity contribution in [2.24, 2.45) is 0 Å². The molecule has 0 saturated heterocycles. The van der Waals surface area contributed by atoms with Crippen LogP contribution in [0, 0.1) is 0 Å². The molecule has 6 atom stereocenters. The number of aromatic hydroxyl groups is 6. The average molecular weight is 679 g/mol. The lowest BCUT2D eigenvalue weighted by molar-refractivity contribution is 0.219. The van der Waals surface area contributed by atoms with E-state index in [1.165, 1.54) is 0 Å². The van der Waals surface area contributed by atoms with Crippen LogP contribution < -0.4 is 14.2 Å². The standard InChI is InChI=1S/C42H30O9/c43-22-7-1-19(2-8-22)40-37-28-13-25(46)17-32-35(28)39(42(50-32)21-5-11-24(45)12-6-21)30-15-27(48)18-33-36(30)38(29-14-26(47)16-31(49-40)34(29)37)41(51-33)20-3-9-23(44)10-4-20/h1-18,37-48H/t37?,38?,39?,40-,41-,42+/m0/s1. The fourth-order valence-electron chi connectivity index (χ4n) is 8.76. The highest BCUT2D eigenvalue weighted by molar-refractivity contribution is 5.70. The highest BCUT2D eigenvalue weighted by Gasteiger charge is 2.52. The summed E-state index contributed by atoms with van der Waals surface area (Å²) >= 11 is 0. The molecule has 6 N–H and O–H groups in total. The Morgan fingerprint density at radius 3 is 0.824 bits per heavy atom. The largest absolute Gasteiger partial charge is 0.508 e. The van der Waals surface area contributed by atoms with Gasteiger partial charge in [0.2, 0.25) is 0 Å². The number of phenols is 6. The van der Waals surface area contributed by atoms with Crippen LogP contribution in [-0.2, 0) is 0 Å². The second kappa shape index (κ2) is 10.5. The molecule has 0 bridgehead atoms. The predicted octanol–water partition coefficient (Wildman–Crippen LogP) is 8.03. The van der Waals surface area contributed by atoms with E-state index in [-0.39, 0.29) is 34.5 Å². The van der Waals surface area contributed by atoms with Crippen LogP contribution in [0.3, 0.4) is 0 Å². The third kappa shape index (κ3) is 4.34. The van der Waals surface area contributed by atoms with Crippen LogP contribution in [0.4, 0.5) is 0 Å². The maximum atomic E-state index is 11.3. The second-order valence-corrected chi connectivity index (χ2v) is 13.7.